The second-order valence-corrected chi connectivity index (χ2v) is 5.61. The summed E-state index contributed by atoms with van der Waals surface area (Å²) in [6, 6.07) is 5.74. The molecule has 0 bridgehead atoms. The number of rotatable bonds is 4. The first-order valence-electron chi connectivity index (χ1n) is 7.78. The van der Waals surface area contributed by atoms with E-state index in [1.807, 2.05) is 18.2 Å². The van der Waals surface area contributed by atoms with Gasteiger partial charge in [-0.2, -0.15) is 0 Å². The summed E-state index contributed by atoms with van der Waals surface area (Å²) in [4.78, 5) is 12.1. The molecule has 0 spiro atoms. The number of carbonyl (C=O) groups is 1. The van der Waals surface area contributed by atoms with Gasteiger partial charge in [-0.25, -0.2) is 0 Å². The van der Waals surface area contributed by atoms with Crippen LogP contribution in [0.4, 0.5) is 0 Å². The van der Waals surface area contributed by atoms with Crippen LogP contribution in [0.25, 0.3) is 0 Å². The lowest BCUT2D eigenvalue weighted by atomic mass is 10.1. The van der Waals surface area contributed by atoms with Gasteiger partial charge in [-0.15, -0.1) is 12.4 Å². The summed E-state index contributed by atoms with van der Waals surface area (Å²) in [6.45, 7) is 2.23. The van der Waals surface area contributed by atoms with Crippen molar-refractivity contribution in [2.45, 2.75) is 38.0 Å². The minimum absolute atomic E-state index is 0. The zero-order chi connectivity index (χ0) is 15.4. The van der Waals surface area contributed by atoms with Gasteiger partial charge in [0.25, 0.3) is 0 Å². The van der Waals surface area contributed by atoms with Crippen molar-refractivity contribution >= 4 is 18.3 Å². The van der Waals surface area contributed by atoms with Crippen LogP contribution in [-0.2, 0) is 16.1 Å². The Hall–Kier alpha value is -1.50. The first-order chi connectivity index (χ1) is 10.8. The lowest BCUT2D eigenvalue weighted by Crippen LogP contribution is -2.35. The zero-order valence-electron chi connectivity index (χ0n) is 13.0. The SMILES string of the molecule is Cl.NC[C@H]1CC[C@@H](C(=O)NCc2ccc3c(c2)OCCCO3)O1. The number of nitrogens with one attached hydrogen (secondary N) is 1. The number of ether oxygens (including phenoxy) is 3. The third-order valence-electron chi connectivity index (χ3n) is 3.94. The number of amides is 1. The molecule has 1 fully saturated rings. The molecule has 0 saturated carbocycles. The van der Waals surface area contributed by atoms with E-state index in [1.54, 1.807) is 0 Å². The smallest absolute Gasteiger partial charge is 0.249 e. The quantitative estimate of drug-likeness (QED) is 0.864. The van der Waals surface area contributed by atoms with Crippen molar-refractivity contribution in [1.29, 1.82) is 0 Å². The minimum atomic E-state index is -0.381. The third kappa shape index (κ3) is 4.50. The molecule has 1 aromatic carbocycles. The van der Waals surface area contributed by atoms with Gasteiger partial charge in [0.15, 0.2) is 11.5 Å². The van der Waals surface area contributed by atoms with Gasteiger partial charge in [0, 0.05) is 19.5 Å². The van der Waals surface area contributed by atoms with Crippen molar-refractivity contribution in [3.05, 3.63) is 23.8 Å². The molecule has 0 unspecified atom stereocenters. The summed E-state index contributed by atoms with van der Waals surface area (Å²) in [6.07, 6.45) is 2.08. The minimum Gasteiger partial charge on any atom is -0.490 e. The van der Waals surface area contributed by atoms with Crippen LogP contribution in [0.15, 0.2) is 18.2 Å². The van der Waals surface area contributed by atoms with E-state index in [-0.39, 0.29) is 30.5 Å². The molecule has 1 saturated heterocycles. The number of halogens is 1. The van der Waals surface area contributed by atoms with Crippen LogP contribution in [0.3, 0.4) is 0 Å². The Labute approximate surface area is 142 Å². The molecule has 2 aliphatic rings. The third-order valence-corrected chi connectivity index (χ3v) is 3.94. The van der Waals surface area contributed by atoms with Crippen LogP contribution in [0.2, 0.25) is 0 Å². The Balaban J connectivity index is 0.00000192. The van der Waals surface area contributed by atoms with Gasteiger partial charge in [-0.1, -0.05) is 6.07 Å². The summed E-state index contributed by atoms with van der Waals surface area (Å²) in [7, 11) is 0. The molecular formula is C16H23ClN2O4. The molecule has 3 N–H and O–H groups in total. The number of fused-ring (bicyclic) bond motifs is 1. The summed E-state index contributed by atoms with van der Waals surface area (Å²) in [5.74, 6) is 1.42. The van der Waals surface area contributed by atoms with Gasteiger partial charge >= 0.3 is 0 Å². The fourth-order valence-corrected chi connectivity index (χ4v) is 2.69. The van der Waals surface area contributed by atoms with Crippen molar-refractivity contribution in [3.63, 3.8) is 0 Å². The van der Waals surface area contributed by atoms with Gasteiger partial charge in [-0.3, -0.25) is 4.79 Å². The fourth-order valence-electron chi connectivity index (χ4n) is 2.69. The molecule has 2 heterocycles. The van der Waals surface area contributed by atoms with Crippen LogP contribution in [-0.4, -0.2) is 37.9 Å². The maximum absolute atomic E-state index is 12.1. The number of carbonyl (C=O) groups excluding carboxylic acids is 1. The average molecular weight is 343 g/mol. The Bertz CT molecular complexity index is 541. The van der Waals surface area contributed by atoms with Crippen LogP contribution in [0.1, 0.15) is 24.8 Å². The maximum Gasteiger partial charge on any atom is 0.249 e. The molecule has 128 valence electrons. The Kier molecular flexibility index (Phi) is 6.50. The van der Waals surface area contributed by atoms with Crippen molar-refractivity contribution in [2.75, 3.05) is 19.8 Å². The number of benzene rings is 1. The molecule has 6 nitrogen and oxygen atoms in total. The van der Waals surface area contributed by atoms with Crippen LogP contribution in [0, 0.1) is 0 Å². The van der Waals surface area contributed by atoms with Crippen molar-refractivity contribution in [2.24, 2.45) is 5.73 Å². The predicted molar refractivity (Wildman–Crippen MR) is 88.1 cm³/mol. The molecule has 7 heteroatoms. The fraction of sp³-hybridized carbons (Fsp3) is 0.562. The second kappa shape index (κ2) is 8.38. The predicted octanol–water partition coefficient (Wildman–Crippen LogP) is 1.39. The number of nitrogens with two attached hydrogens (primary N) is 1. The van der Waals surface area contributed by atoms with E-state index in [0.717, 1.165) is 36.3 Å². The Morgan fingerprint density at radius 2 is 2.00 bits per heavy atom. The highest BCUT2D eigenvalue weighted by molar-refractivity contribution is 5.85. The van der Waals surface area contributed by atoms with E-state index in [2.05, 4.69) is 5.32 Å². The van der Waals surface area contributed by atoms with Gasteiger partial charge in [0.2, 0.25) is 5.91 Å². The highest BCUT2D eigenvalue weighted by atomic mass is 35.5. The summed E-state index contributed by atoms with van der Waals surface area (Å²) in [5, 5.41) is 2.91. The number of hydrogen-bond donors (Lipinski definition) is 2. The molecule has 2 atom stereocenters. The molecule has 23 heavy (non-hydrogen) atoms. The molecule has 0 aliphatic carbocycles. The Morgan fingerprint density at radius 1 is 1.22 bits per heavy atom. The van der Waals surface area contributed by atoms with Crippen LogP contribution in [0.5, 0.6) is 11.5 Å². The first kappa shape index (κ1) is 17.8. The monoisotopic (exact) mass is 342 g/mol. The van der Waals surface area contributed by atoms with Crippen molar-refractivity contribution < 1.29 is 19.0 Å². The standard InChI is InChI=1S/C16H22N2O4.ClH/c17-9-12-3-5-14(22-12)16(19)18-10-11-2-4-13-15(8-11)21-7-1-6-20-13;/h2,4,8,12,14H,1,3,5-7,9-10,17H2,(H,18,19);1H/t12-,14+;/m1./s1. The lowest BCUT2D eigenvalue weighted by molar-refractivity contribution is -0.132. The summed E-state index contributed by atoms with van der Waals surface area (Å²) >= 11 is 0. The highest BCUT2D eigenvalue weighted by Gasteiger charge is 2.29. The molecule has 1 amide bonds. The largest absolute Gasteiger partial charge is 0.490 e. The van der Waals surface area contributed by atoms with E-state index in [1.165, 1.54) is 0 Å². The first-order valence-corrected chi connectivity index (χ1v) is 7.78. The van der Waals surface area contributed by atoms with E-state index in [0.29, 0.717) is 26.3 Å². The topological polar surface area (TPSA) is 82.8 Å². The molecule has 0 radical (unpaired) electrons. The molecule has 2 aliphatic heterocycles. The zero-order valence-corrected chi connectivity index (χ0v) is 13.8. The van der Waals surface area contributed by atoms with E-state index in [9.17, 15) is 4.79 Å². The highest BCUT2D eigenvalue weighted by Crippen LogP contribution is 2.30. The Morgan fingerprint density at radius 3 is 2.74 bits per heavy atom. The van der Waals surface area contributed by atoms with Crippen LogP contribution >= 0.6 is 12.4 Å². The van der Waals surface area contributed by atoms with Crippen molar-refractivity contribution in [3.8, 4) is 11.5 Å². The van der Waals surface area contributed by atoms with Crippen LogP contribution < -0.4 is 20.5 Å². The van der Waals surface area contributed by atoms with E-state index in [4.69, 9.17) is 19.9 Å². The normalized spacial score (nSPS) is 22.8. The molecule has 3 rings (SSSR count). The second-order valence-electron chi connectivity index (χ2n) is 5.61. The van der Waals surface area contributed by atoms with E-state index < -0.39 is 0 Å². The maximum atomic E-state index is 12.1. The number of hydrogen-bond acceptors (Lipinski definition) is 5. The lowest BCUT2D eigenvalue weighted by Gasteiger charge is -2.13. The van der Waals surface area contributed by atoms with E-state index >= 15 is 0 Å². The van der Waals surface area contributed by atoms with Gasteiger partial charge in [0.1, 0.15) is 6.10 Å². The molecule has 1 aromatic rings. The van der Waals surface area contributed by atoms with Gasteiger partial charge < -0.3 is 25.3 Å². The molecule has 0 aromatic heterocycles. The van der Waals surface area contributed by atoms with Crippen molar-refractivity contribution in [1.82, 2.24) is 5.32 Å². The van der Waals surface area contributed by atoms with Gasteiger partial charge in [-0.05, 0) is 30.5 Å². The summed E-state index contributed by atoms with van der Waals surface area (Å²) < 4.78 is 16.8. The van der Waals surface area contributed by atoms with Gasteiger partial charge in [0.05, 0.1) is 19.3 Å². The molecular weight excluding hydrogens is 320 g/mol. The summed E-state index contributed by atoms with van der Waals surface area (Å²) in [5.41, 5.74) is 6.53. The average Bonchev–Trinajstić information content (AvgIpc) is 2.91.